The second-order valence-corrected chi connectivity index (χ2v) is 7.14. The molecular formula is C11H11ClF2N2O3S. The lowest BCUT2D eigenvalue weighted by Gasteiger charge is -2.15. The van der Waals surface area contributed by atoms with Gasteiger partial charge in [0.05, 0.1) is 28.6 Å². The van der Waals surface area contributed by atoms with E-state index in [-0.39, 0.29) is 17.2 Å². The number of hydrogen-bond acceptors (Lipinski definition) is 3. The Kier molecular flexibility index (Phi) is 4.14. The third-order valence-corrected chi connectivity index (χ3v) is 5.15. The molecule has 1 fully saturated rings. The average molecular weight is 325 g/mol. The monoisotopic (exact) mass is 324 g/mol. The van der Waals surface area contributed by atoms with Crippen LogP contribution in [0.15, 0.2) is 18.2 Å². The number of carbonyl (C=O) groups is 1. The van der Waals surface area contributed by atoms with Gasteiger partial charge in [0.2, 0.25) is 0 Å². The molecule has 5 nitrogen and oxygen atoms in total. The van der Waals surface area contributed by atoms with E-state index in [0.29, 0.717) is 6.07 Å². The van der Waals surface area contributed by atoms with Gasteiger partial charge in [-0.05, 0) is 12.1 Å². The zero-order valence-corrected chi connectivity index (χ0v) is 11.6. The van der Waals surface area contributed by atoms with E-state index in [1.807, 2.05) is 0 Å². The summed E-state index contributed by atoms with van der Waals surface area (Å²) in [6, 6.07) is 1.13. The Morgan fingerprint density at radius 2 is 2.00 bits per heavy atom. The molecule has 2 rings (SSSR count). The highest BCUT2D eigenvalue weighted by Crippen LogP contribution is 2.19. The van der Waals surface area contributed by atoms with Crippen molar-refractivity contribution in [2.45, 2.75) is 11.4 Å². The van der Waals surface area contributed by atoms with E-state index in [0.717, 1.165) is 12.1 Å². The highest BCUT2D eigenvalue weighted by atomic mass is 35.5. The normalized spacial score (nSPS) is 24.4. The molecule has 2 amide bonds. The van der Waals surface area contributed by atoms with Crippen LogP contribution < -0.4 is 10.6 Å². The van der Waals surface area contributed by atoms with Gasteiger partial charge in [0.15, 0.2) is 9.84 Å². The summed E-state index contributed by atoms with van der Waals surface area (Å²) in [4.78, 5) is 11.6. The van der Waals surface area contributed by atoms with Crippen molar-refractivity contribution < 1.29 is 22.0 Å². The molecule has 0 aromatic heterocycles. The minimum absolute atomic E-state index is 0.212. The minimum Gasteiger partial charge on any atom is -0.333 e. The number of anilines is 1. The van der Waals surface area contributed by atoms with Crippen molar-refractivity contribution in [2.75, 3.05) is 16.8 Å². The first-order valence-corrected chi connectivity index (χ1v) is 7.90. The van der Waals surface area contributed by atoms with Crippen molar-refractivity contribution in [1.29, 1.82) is 0 Å². The molecule has 1 aliphatic heterocycles. The summed E-state index contributed by atoms with van der Waals surface area (Å²) < 4.78 is 48.7. The van der Waals surface area contributed by atoms with E-state index in [4.69, 9.17) is 11.6 Å². The van der Waals surface area contributed by atoms with Gasteiger partial charge in [-0.25, -0.2) is 22.0 Å². The van der Waals surface area contributed by atoms with E-state index in [1.165, 1.54) is 0 Å². The molecular weight excluding hydrogens is 314 g/mol. The highest BCUT2D eigenvalue weighted by Gasteiger charge is 2.37. The number of carbonyl (C=O) groups excluding carboxylic acids is 1. The summed E-state index contributed by atoms with van der Waals surface area (Å²) in [5.74, 6) is -2.18. The molecule has 110 valence electrons. The van der Waals surface area contributed by atoms with Crippen LogP contribution in [0.4, 0.5) is 19.3 Å². The molecule has 20 heavy (non-hydrogen) atoms. The Morgan fingerprint density at radius 1 is 1.30 bits per heavy atom. The molecule has 0 bridgehead atoms. The molecule has 2 unspecified atom stereocenters. The zero-order valence-electron chi connectivity index (χ0n) is 10.1. The molecule has 2 N–H and O–H groups in total. The molecule has 0 aliphatic carbocycles. The third-order valence-electron chi connectivity index (χ3n) is 2.78. The van der Waals surface area contributed by atoms with Gasteiger partial charge in [-0.15, -0.1) is 11.6 Å². The third kappa shape index (κ3) is 3.57. The maximum Gasteiger partial charge on any atom is 0.319 e. The maximum atomic E-state index is 13.3. The average Bonchev–Trinajstić information content (AvgIpc) is 2.56. The Labute approximate surface area is 119 Å². The molecule has 1 aromatic rings. The zero-order chi connectivity index (χ0) is 14.9. The molecule has 0 radical (unpaired) electrons. The number of nitrogens with one attached hydrogen (secondary N) is 2. The van der Waals surface area contributed by atoms with Crippen molar-refractivity contribution in [1.82, 2.24) is 5.32 Å². The first kappa shape index (κ1) is 15.0. The topological polar surface area (TPSA) is 75.3 Å². The van der Waals surface area contributed by atoms with Crippen molar-refractivity contribution in [3.63, 3.8) is 0 Å². The number of rotatable bonds is 2. The fraction of sp³-hybridized carbons (Fsp3) is 0.364. The van der Waals surface area contributed by atoms with Crippen molar-refractivity contribution in [2.24, 2.45) is 0 Å². The van der Waals surface area contributed by atoms with Gasteiger partial charge in [0, 0.05) is 6.07 Å². The number of alkyl halides is 1. The predicted molar refractivity (Wildman–Crippen MR) is 70.6 cm³/mol. The number of sulfone groups is 1. The summed E-state index contributed by atoms with van der Waals surface area (Å²) in [7, 11) is -3.28. The highest BCUT2D eigenvalue weighted by molar-refractivity contribution is 7.91. The fourth-order valence-electron chi connectivity index (χ4n) is 1.85. The van der Waals surface area contributed by atoms with Crippen LogP contribution in [0.2, 0.25) is 0 Å². The van der Waals surface area contributed by atoms with Crippen molar-refractivity contribution in [3.05, 3.63) is 29.8 Å². The van der Waals surface area contributed by atoms with Crippen LogP contribution in [-0.4, -0.2) is 37.4 Å². The van der Waals surface area contributed by atoms with Gasteiger partial charge < -0.3 is 10.6 Å². The summed E-state index contributed by atoms with van der Waals surface area (Å²) in [6.45, 7) is 0. The van der Waals surface area contributed by atoms with Gasteiger partial charge in [0.25, 0.3) is 0 Å². The summed E-state index contributed by atoms with van der Waals surface area (Å²) in [5.41, 5.74) is -0.212. The van der Waals surface area contributed by atoms with E-state index in [1.54, 1.807) is 0 Å². The lowest BCUT2D eigenvalue weighted by Crippen LogP contribution is -2.43. The Hall–Kier alpha value is -1.41. The number of halogens is 3. The maximum absolute atomic E-state index is 13.3. The quantitative estimate of drug-likeness (QED) is 0.809. The Bertz CT molecular complexity index is 639. The van der Waals surface area contributed by atoms with Crippen LogP contribution >= 0.6 is 11.6 Å². The van der Waals surface area contributed by atoms with Crippen LogP contribution in [-0.2, 0) is 9.84 Å². The first-order valence-electron chi connectivity index (χ1n) is 5.64. The molecule has 9 heteroatoms. The molecule has 0 saturated carbocycles. The minimum atomic E-state index is -3.28. The number of hydrogen-bond donors (Lipinski definition) is 2. The Morgan fingerprint density at radius 3 is 2.55 bits per heavy atom. The summed E-state index contributed by atoms with van der Waals surface area (Å²) in [5, 5.41) is 3.79. The van der Waals surface area contributed by atoms with Gasteiger partial charge in [-0.2, -0.15) is 0 Å². The number of urea groups is 1. The molecule has 2 atom stereocenters. The predicted octanol–water partition coefficient (Wildman–Crippen LogP) is 1.49. The summed E-state index contributed by atoms with van der Waals surface area (Å²) >= 11 is 5.82. The molecule has 1 saturated heterocycles. The van der Waals surface area contributed by atoms with Crippen LogP contribution in [0.1, 0.15) is 0 Å². The van der Waals surface area contributed by atoms with Gasteiger partial charge in [-0.3, -0.25) is 0 Å². The SMILES string of the molecule is O=C(Nc1ccc(F)cc1F)NC1CS(=O)(=O)CC1Cl. The second-order valence-electron chi connectivity index (χ2n) is 4.42. The van der Waals surface area contributed by atoms with Gasteiger partial charge in [0.1, 0.15) is 11.6 Å². The standard InChI is InChI=1S/C11H11ClF2N2O3S/c12-7-4-20(18,19)5-10(7)16-11(17)15-9-2-1-6(13)3-8(9)14/h1-3,7,10H,4-5H2,(H2,15,16,17). The van der Waals surface area contributed by atoms with Gasteiger partial charge >= 0.3 is 6.03 Å². The van der Waals surface area contributed by atoms with E-state index < -0.39 is 38.9 Å². The van der Waals surface area contributed by atoms with Crippen LogP contribution in [0.25, 0.3) is 0 Å². The summed E-state index contributed by atoms with van der Waals surface area (Å²) in [6.07, 6.45) is 0. The lowest BCUT2D eigenvalue weighted by molar-refractivity contribution is 0.249. The second kappa shape index (κ2) is 5.53. The van der Waals surface area contributed by atoms with E-state index in [9.17, 15) is 22.0 Å². The van der Waals surface area contributed by atoms with E-state index >= 15 is 0 Å². The largest absolute Gasteiger partial charge is 0.333 e. The molecule has 1 aliphatic rings. The number of benzene rings is 1. The molecule has 1 aromatic carbocycles. The van der Waals surface area contributed by atoms with Crippen molar-refractivity contribution >= 4 is 33.2 Å². The van der Waals surface area contributed by atoms with Crippen LogP contribution in [0.3, 0.4) is 0 Å². The van der Waals surface area contributed by atoms with Crippen LogP contribution in [0, 0.1) is 11.6 Å². The smallest absolute Gasteiger partial charge is 0.319 e. The van der Waals surface area contributed by atoms with Crippen LogP contribution in [0.5, 0.6) is 0 Å². The number of amides is 2. The lowest BCUT2D eigenvalue weighted by atomic mass is 10.2. The van der Waals surface area contributed by atoms with Crippen molar-refractivity contribution in [3.8, 4) is 0 Å². The Balaban J connectivity index is 1.99. The van der Waals surface area contributed by atoms with Gasteiger partial charge in [-0.1, -0.05) is 0 Å². The van der Waals surface area contributed by atoms with E-state index in [2.05, 4.69) is 10.6 Å². The molecule has 0 spiro atoms. The molecule has 1 heterocycles. The first-order chi connectivity index (χ1) is 9.27. The fourth-order valence-corrected chi connectivity index (χ4v) is 4.40.